The summed E-state index contributed by atoms with van der Waals surface area (Å²) in [6, 6.07) is 13.0. The third-order valence-electron chi connectivity index (χ3n) is 3.55. The molecule has 24 heavy (non-hydrogen) atoms. The van der Waals surface area contributed by atoms with Crippen LogP contribution in [0, 0.1) is 0 Å². The summed E-state index contributed by atoms with van der Waals surface area (Å²) < 4.78 is 10.7. The minimum absolute atomic E-state index is 0.0522. The number of carboxylic acids is 1. The van der Waals surface area contributed by atoms with E-state index >= 15 is 0 Å². The predicted octanol–water partition coefficient (Wildman–Crippen LogP) is 3.67. The van der Waals surface area contributed by atoms with Gasteiger partial charge in [-0.3, -0.25) is 4.79 Å². The van der Waals surface area contributed by atoms with E-state index in [1.807, 2.05) is 30.3 Å². The molecule has 0 bridgehead atoms. The van der Waals surface area contributed by atoms with Crippen LogP contribution in [-0.4, -0.2) is 18.2 Å². The minimum Gasteiger partial charge on any atom is -0.497 e. The highest BCUT2D eigenvalue weighted by molar-refractivity contribution is 5.92. The van der Waals surface area contributed by atoms with Crippen LogP contribution in [0.3, 0.4) is 0 Å². The molecule has 2 aromatic carbocycles. The van der Waals surface area contributed by atoms with Gasteiger partial charge in [0.25, 0.3) is 0 Å². The maximum atomic E-state index is 12.2. The molecule has 5 nitrogen and oxygen atoms in total. The first-order valence-electron chi connectivity index (χ1n) is 7.20. The lowest BCUT2D eigenvalue weighted by Crippen LogP contribution is -2.03. The van der Waals surface area contributed by atoms with E-state index in [2.05, 4.69) is 0 Å². The van der Waals surface area contributed by atoms with Gasteiger partial charge in [-0.25, -0.2) is 4.79 Å². The number of fused-ring (bicyclic) bond motifs is 1. The van der Waals surface area contributed by atoms with Crippen LogP contribution in [0.25, 0.3) is 23.1 Å². The van der Waals surface area contributed by atoms with Crippen LogP contribution < -0.4 is 10.2 Å². The lowest BCUT2D eigenvalue weighted by molar-refractivity contribution is 0.0697. The van der Waals surface area contributed by atoms with E-state index in [4.69, 9.17) is 14.3 Å². The molecule has 0 saturated carbocycles. The Morgan fingerprint density at radius 1 is 1.08 bits per heavy atom. The molecule has 0 aliphatic heterocycles. The number of benzene rings is 2. The van der Waals surface area contributed by atoms with Crippen LogP contribution in [0.2, 0.25) is 0 Å². The Balaban J connectivity index is 1.95. The van der Waals surface area contributed by atoms with E-state index in [9.17, 15) is 9.59 Å². The van der Waals surface area contributed by atoms with E-state index in [1.165, 1.54) is 24.3 Å². The second-order valence-corrected chi connectivity index (χ2v) is 5.14. The Hall–Kier alpha value is -3.34. The third kappa shape index (κ3) is 3.20. The standard InChI is InChI=1S/C19H14O5/c1-23-14-6-2-12(3-7-14)4-8-15-11-17(20)16-10-13(19(21)22)5-9-18(16)24-15/h2-11H,1H3,(H,21,22)/b8-4+. The Labute approximate surface area is 137 Å². The number of methoxy groups -OCH3 is 1. The molecule has 0 atom stereocenters. The van der Waals surface area contributed by atoms with Crippen LogP contribution in [-0.2, 0) is 0 Å². The van der Waals surface area contributed by atoms with Crippen molar-refractivity contribution in [2.24, 2.45) is 0 Å². The summed E-state index contributed by atoms with van der Waals surface area (Å²) in [5.74, 6) is 0.0739. The van der Waals surface area contributed by atoms with Gasteiger partial charge in [-0.05, 0) is 42.0 Å². The van der Waals surface area contributed by atoms with Crippen molar-refractivity contribution in [3.63, 3.8) is 0 Å². The first-order valence-corrected chi connectivity index (χ1v) is 7.20. The van der Waals surface area contributed by atoms with Crippen molar-refractivity contribution >= 4 is 29.1 Å². The van der Waals surface area contributed by atoms with Crippen molar-refractivity contribution < 1.29 is 19.1 Å². The zero-order chi connectivity index (χ0) is 17.1. The van der Waals surface area contributed by atoms with Gasteiger partial charge in [0.1, 0.15) is 17.1 Å². The fourth-order valence-electron chi connectivity index (χ4n) is 2.28. The second-order valence-electron chi connectivity index (χ2n) is 5.14. The van der Waals surface area contributed by atoms with Crippen molar-refractivity contribution in [1.82, 2.24) is 0 Å². The molecule has 1 aromatic heterocycles. The van der Waals surface area contributed by atoms with Gasteiger partial charge in [-0.1, -0.05) is 18.2 Å². The molecule has 0 unspecified atom stereocenters. The third-order valence-corrected chi connectivity index (χ3v) is 3.55. The normalized spacial score (nSPS) is 11.0. The summed E-state index contributed by atoms with van der Waals surface area (Å²) in [6.45, 7) is 0. The maximum Gasteiger partial charge on any atom is 0.335 e. The summed E-state index contributed by atoms with van der Waals surface area (Å²) in [4.78, 5) is 23.1. The van der Waals surface area contributed by atoms with Crippen molar-refractivity contribution in [2.75, 3.05) is 7.11 Å². The Morgan fingerprint density at radius 2 is 1.83 bits per heavy atom. The van der Waals surface area contributed by atoms with E-state index in [-0.39, 0.29) is 16.4 Å². The summed E-state index contributed by atoms with van der Waals surface area (Å²) in [5, 5.41) is 9.23. The summed E-state index contributed by atoms with van der Waals surface area (Å²) in [7, 11) is 1.60. The molecule has 0 saturated heterocycles. The van der Waals surface area contributed by atoms with E-state index in [1.54, 1.807) is 13.2 Å². The van der Waals surface area contributed by atoms with Gasteiger partial charge < -0.3 is 14.3 Å². The van der Waals surface area contributed by atoms with Crippen LogP contribution in [0.5, 0.6) is 5.75 Å². The van der Waals surface area contributed by atoms with Gasteiger partial charge in [-0.15, -0.1) is 0 Å². The molecule has 5 heteroatoms. The number of aromatic carboxylic acids is 1. The number of ether oxygens (including phenoxy) is 1. The minimum atomic E-state index is -1.08. The van der Waals surface area contributed by atoms with Gasteiger partial charge in [0, 0.05) is 6.07 Å². The number of rotatable bonds is 4. The molecule has 3 rings (SSSR count). The largest absolute Gasteiger partial charge is 0.497 e. The monoisotopic (exact) mass is 322 g/mol. The quantitative estimate of drug-likeness (QED) is 0.793. The van der Waals surface area contributed by atoms with Crippen molar-refractivity contribution in [3.8, 4) is 5.75 Å². The van der Waals surface area contributed by atoms with E-state index in [0.717, 1.165) is 11.3 Å². The molecule has 0 aliphatic carbocycles. The molecular weight excluding hydrogens is 308 g/mol. The fourth-order valence-corrected chi connectivity index (χ4v) is 2.28. The predicted molar refractivity (Wildman–Crippen MR) is 91.4 cm³/mol. The molecule has 3 aromatic rings. The van der Waals surface area contributed by atoms with E-state index < -0.39 is 5.97 Å². The molecule has 0 spiro atoms. The molecule has 0 aliphatic rings. The number of hydrogen-bond donors (Lipinski definition) is 1. The zero-order valence-electron chi connectivity index (χ0n) is 12.9. The number of carbonyl (C=O) groups is 1. The van der Waals surface area contributed by atoms with Crippen LogP contribution >= 0.6 is 0 Å². The first-order chi connectivity index (χ1) is 11.6. The van der Waals surface area contributed by atoms with Gasteiger partial charge in [0.15, 0.2) is 5.43 Å². The molecule has 1 N–H and O–H groups in total. The van der Waals surface area contributed by atoms with Crippen LogP contribution in [0.4, 0.5) is 0 Å². The molecule has 0 fully saturated rings. The van der Waals surface area contributed by atoms with Crippen molar-refractivity contribution in [2.45, 2.75) is 0 Å². The van der Waals surface area contributed by atoms with Gasteiger partial charge in [-0.2, -0.15) is 0 Å². The summed E-state index contributed by atoms with van der Waals surface area (Å²) in [5.41, 5.74) is 1.05. The smallest absolute Gasteiger partial charge is 0.335 e. The average Bonchev–Trinajstić information content (AvgIpc) is 2.60. The maximum absolute atomic E-state index is 12.2. The number of carboxylic acid groups (broad SMARTS) is 1. The zero-order valence-corrected chi connectivity index (χ0v) is 12.9. The highest BCUT2D eigenvalue weighted by Crippen LogP contribution is 2.17. The average molecular weight is 322 g/mol. The van der Waals surface area contributed by atoms with E-state index in [0.29, 0.717) is 11.3 Å². The molecule has 1 heterocycles. The van der Waals surface area contributed by atoms with Crippen molar-refractivity contribution in [3.05, 3.63) is 75.6 Å². The van der Waals surface area contributed by atoms with Crippen molar-refractivity contribution in [1.29, 1.82) is 0 Å². The van der Waals surface area contributed by atoms with Gasteiger partial charge >= 0.3 is 5.97 Å². The first kappa shape index (κ1) is 15.6. The van der Waals surface area contributed by atoms with Crippen LogP contribution in [0.1, 0.15) is 21.7 Å². The summed E-state index contributed by atoms with van der Waals surface area (Å²) in [6.07, 6.45) is 3.50. The van der Waals surface area contributed by atoms with Gasteiger partial charge in [0.2, 0.25) is 0 Å². The lowest BCUT2D eigenvalue weighted by Gasteiger charge is -2.01. The highest BCUT2D eigenvalue weighted by atomic mass is 16.5. The molecular formula is C19H14O5. The summed E-state index contributed by atoms with van der Waals surface area (Å²) >= 11 is 0. The van der Waals surface area contributed by atoms with Crippen LogP contribution in [0.15, 0.2) is 57.7 Å². The molecule has 120 valence electrons. The SMILES string of the molecule is COc1ccc(/C=C/c2cc(=O)c3cc(C(=O)O)ccc3o2)cc1. The second kappa shape index (κ2) is 6.42. The topological polar surface area (TPSA) is 76.7 Å². The Kier molecular flexibility index (Phi) is 4.16. The molecule has 0 amide bonds. The van der Waals surface area contributed by atoms with Gasteiger partial charge in [0.05, 0.1) is 18.1 Å². The molecule has 0 radical (unpaired) electrons. The highest BCUT2D eigenvalue weighted by Gasteiger charge is 2.08. The number of hydrogen-bond acceptors (Lipinski definition) is 4. The lowest BCUT2D eigenvalue weighted by atomic mass is 10.1. The Bertz CT molecular complexity index is 981. The fraction of sp³-hybridized carbons (Fsp3) is 0.0526. The Morgan fingerprint density at radius 3 is 2.50 bits per heavy atom.